The summed E-state index contributed by atoms with van der Waals surface area (Å²) >= 11 is 0. The molecule has 1 aromatic rings. The summed E-state index contributed by atoms with van der Waals surface area (Å²) in [5.74, 6) is 2.13. The summed E-state index contributed by atoms with van der Waals surface area (Å²) in [4.78, 5) is 7.19. The Morgan fingerprint density at radius 2 is 2.10 bits per heavy atom. The number of piperazine rings is 1. The van der Waals surface area contributed by atoms with Gasteiger partial charge in [0.05, 0.1) is 0 Å². The summed E-state index contributed by atoms with van der Waals surface area (Å²) in [6.07, 6.45) is 7.84. The van der Waals surface area contributed by atoms with Crippen LogP contribution < -0.4 is 5.32 Å². The van der Waals surface area contributed by atoms with Crippen LogP contribution in [0.25, 0.3) is 0 Å². The lowest BCUT2D eigenvalue weighted by molar-refractivity contribution is 0.0517. The van der Waals surface area contributed by atoms with Gasteiger partial charge in [0.2, 0.25) is 0 Å². The molecular weight excluding hydrogens is 260 g/mol. The highest BCUT2D eigenvalue weighted by molar-refractivity contribution is 4.99. The van der Waals surface area contributed by atoms with Crippen LogP contribution in [0.3, 0.4) is 0 Å². The zero-order valence-electron chi connectivity index (χ0n) is 14.0. The second-order valence-corrected chi connectivity index (χ2v) is 7.93. The lowest BCUT2D eigenvalue weighted by Gasteiger charge is -2.46. The summed E-state index contributed by atoms with van der Waals surface area (Å²) in [6, 6.07) is 1.33. The Morgan fingerprint density at radius 3 is 2.67 bits per heavy atom. The number of aryl methyl sites for hydroxylation is 1. The van der Waals surface area contributed by atoms with E-state index < -0.39 is 0 Å². The Hall–Kier alpha value is -0.870. The van der Waals surface area contributed by atoms with E-state index in [0.717, 1.165) is 25.4 Å². The normalized spacial score (nSPS) is 28.0. The van der Waals surface area contributed by atoms with E-state index in [-0.39, 0.29) is 0 Å². The third-order valence-electron chi connectivity index (χ3n) is 5.18. The lowest BCUT2D eigenvalue weighted by Crippen LogP contribution is -2.61. The number of nitrogens with zero attached hydrogens (tertiary/aromatic N) is 3. The molecular formula is C17H30N4. The topological polar surface area (TPSA) is 33.1 Å². The number of imidazole rings is 1. The van der Waals surface area contributed by atoms with Gasteiger partial charge in [-0.15, -0.1) is 0 Å². The van der Waals surface area contributed by atoms with Crippen LogP contribution in [0, 0.1) is 11.3 Å². The molecule has 1 aromatic heterocycles. The molecule has 2 unspecified atom stereocenters. The highest BCUT2D eigenvalue weighted by atomic mass is 15.2. The highest BCUT2D eigenvalue weighted by Gasteiger charge is 2.40. The van der Waals surface area contributed by atoms with E-state index in [1.54, 1.807) is 0 Å². The number of hydrogen-bond acceptors (Lipinski definition) is 3. The van der Waals surface area contributed by atoms with E-state index in [1.165, 1.54) is 25.2 Å². The van der Waals surface area contributed by atoms with Gasteiger partial charge in [-0.1, -0.05) is 20.8 Å². The van der Waals surface area contributed by atoms with Crippen molar-refractivity contribution in [3.63, 3.8) is 0 Å². The van der Waals surface area contributed by atoms with Crippen LogP contribution in [0.1, 0.15) is 39.4 Å². The van der Waals surface area contributed by atoms with Crippen molar-refractivity contribution in [3.8, 4) is 0 Å². The predicted octanol–water partition coefficient (Wildman–Crippen LogP) is 2.06. The van der Waals surface area contributed by atoms with Crippen molar-refractivity contribution in [1.82, 2.24) is 19.8 Å². The third-order valence-corrected chi connectivity index (χ3v) is 5.18. The van der Waals surface area contributed by atoms with Crippen LogP contribution in [0.4, 0.5) is 0 Å². The number of nitrogens with one attached hydrogen (secondary N) is 1. The first-order valence-corrected chi connectivity index (χ1v) is 8.39. The average molecular weight is 290 g/mol. The molecule has 3 rings (SSSR count). The maximum Gasteiger partial charge on any atom is 0.109 e. The van der Waals surface area contributed by atoms with Crippen molar-refractivity contribution in [1.29, 1.82) is 0 Å². The Labute approximate surface area is 128 Å². The molecule has 2 heterocycles. The Kier molecular flexibility index (Phi) is 4.10. The van der Waals surface area contributed by atoms with Crippen LogP contribution in [0.2, 0.25) is 0 Å². The summed E-state index contributed by atoms with van der Waals surface area (Å²) in [6.45, 7) is 10.6. The standard InChI is InChI=1S/C17H30N4/c1-17(2,3)15-11-19-14(13-5-6-13)12-21(15)9-7-16-18-8-10-20(16)4/h8,10,13-15,19H,5-7,9,11-12H2,1-4H3. The van der Waals surface area contributed by atoms with E-state index in [2.05, 4.69) is 47.6 Å². The fourth-order valence-electron chi connectivity index (χ4n) is 3.63. The second kappa shape index (κ2) is 5.73. The first-order chi connectivity index (χ1) is 9.95. The first-order valence-electron chi connectivity index (χ1n) is 8.39. The fourth-order valence-corrected chi connectivity index (χ4v) is 3.63. The van der Waals surface area contributed by atoms with E-state index >= 15 is 0 Å². The average Bonchev–Trinajstić information content (AvgIpc) is 3.19. The highest BCUT2D eigenvalue weighted by Crippen LogP contribution is 2.36. The molecule has 118 valence electrons. The van der Waals surface area contributed by atoms with Crippen molar-refractivity contribution in [2.45, 2.75) is 52.1 Å². The summed E-state index contributed by atoms with van der Waals surface area (Å²) in [5, 5.41) is 3.81. The molecule has 2 aliphatic rings. The Morgan fingerprint density at radius 1 is 1.33 bits per heavy atom. The molecule has 1 saturated carbocycles. The molecule has 4 nitrogen and oxygen atoms in total. The Balaban J connectivity index is 1.65. The van der Waals surface area contributed by atoms with Crippen LogP contribution in [0.5, 0.6) is 0 Å². The van der Waals surface area contributed by atoms with E-state index in [1.807, 2.05) is 12.4 Å². The minimum atomic E-state index is 0.323. The van der Waals surface area contributed by atoms with Gasteiger partial charge < -0.3 is 9.88 Å². The first kappa shape index (κ1) is 15.0. The zero-order chi connectivity index (χ0) is 15.0. The molecule has 1 aliphatic heterocycles. The number of hydrogen-bond donors (Lipinski definition) is 1. The summed E-state index contributed by atoms with van der Waals surface area (Å²) < 4.78 is 2.15. The summed E-state index contributed by atoms with van der Waals surface area (Å²) in [7, 11) is 2.09. The summed E-state index contributed by atoms with van der Waals surface area (Å²) in [5.41, 5.74) is 0.323. The maximum atomic E-state index is 4.47. The molecule has 1 aliphatic carbocycles. The molecule has 4 heteroatoms. The van der Waals surface area contributed by atoms with Crippen molar-refractivity contribution < 1.29 is 0 Å². The molecule has 1 N–H and O–H groups in total. The van der Waals surface area contributed by atoms with Gasteiger partial charge >= 0.3 is 0 Å². The smallest absolute Gasteiger partial charge is 0.109 e. The van der Waals surface area contributed by atoms with Crippen molar-refractivity contribution >= 4 is 0 Å². The van der Waals surface area contributed by atoms with Crippen molar-refractivity contribution in [3.05, 3.63) is 18.2 Å². The predicted molar refractivity (Wildman–Crippen MR) is 86.2 cm³/mol. The SMILES string of the molecule is Cn1ccnc1CCN1CC(C2CC2)NCC1C(C)(C)C. The molecule has 0 aromatic carbocycles. The molecule has 2 atom stereocenters. The molecule has 0 amide bonds. The molecule has 0 radical (unpaired) electrons. The minimum absolute atomic E-state index is 0.323. The van der Waals surface area contributed by atoms with Crippen LogP contribution in [-0.4, -0.2) is 46.2 Å². The molecule has 0 spiro atoms. The minimum Gasteiger partial charge on any atom is -0.338 e. The largest absolute Gasteiger partial charge is 0.338 e. The molecule has 2 fully saturated rings. The second-order valence-electron chi connectivity index (χ2n) is 7.93. The van der Waals surface area contributed by atoms with Crippen LogP contribution in [-0.2, 0) is 13.5 Å². The van der Waals surface area contributed by atoms with Gasteiger partial charge in [0.25, 0.3) is 0 Å². The third kappa shape index (κ3) is 3.49. The van der Waals surface area contributed by atoms with Crippen LogP contribution >= 0.6 is 0 Å². The van der Waals surface area contributed by atoms with Gasteiger partial charge in [-0.25, -0.2) is 4.98 Å². The Bertz CT molecular complexity index is 469. The lowest BCUT2D eigenvalue weighted by atomic mass is 9.83. The molecule has 1 saturated heterocycles. The van der Waals surface area contributed by atoms with Gasteiger partial charge in [-0.3, -0.25) is 4.90 Å². The van der Waals surface area contributed by atoms with E-state index in [0.29, 0.717) is 17.5 Å². The number of rotatable bonds is 4. The zero-order valence-corrected chi connectivity index (χ0v) is 14.0. The van der Waals surface area contributed by atoms with E-state index in [9.17, 15) is 0 Å². The van der Waals surface area contributed by atoms with Crippen LogP contribution in [0.15, 0.2) is 12.4 Å². The van der Waals surface area contributed by atoms with Gasteiger partial charge in [-0.2, -0.15) is 0 Å². The maximum absolute atomic E-state index is 4.47. The monoisotopic (exact) mass is 290 g/mol. The van der Waals surface area contributed by atoms with Gasteiger partial charge in [0, 0.05) is 57.6 Å². The van der Waals surface area contributed by atoms with Gasteiger partial charge in [0.15, 0.2) is 0 Å². The molecule has 21 heavy (non-hydrogen) atoms. The van der Waals surface area contributed by atoms with Gasteiger partial charge in [0.1, 0.15) is 5.82 Å². The molecule has 0 bridgehead atoms. The quantitative estimate of drug-likeness (QED) is 0.921. The fraction of sp³-hybridized carbons (Fsp3) is 0.824. The van der Waals surface area contributed by atoms with Gasteiger partial charge in [-0.05, 0) is 24.2 Å². The van der Waals surface area contributed by atoms with E-state index in [4.69, 9.17) is 0 Å². The number of aromatic nitrogens is 2. The van der Waals surface area contributed by atoms with Crippen molar-refractivity contribution in [2.75, 3.05) is 19.6 Å². The van der Waals surface area contributed by atoms with Crippen molar-refractivity contribution in [2.24, 2.45) is 18.4 Å².